The highest BCUT2D eigenvalue weighted by Gasteiger charge is 2.63. The number of hydrogen-bond acceptors (Lipinski definition) is 9. The Morgan fingerprint density at radius 2 is 0.556 bits per heavy atom. The maximum atomic E-state index is 13.6. The van der Waals surface area contributed by atoms with E-state index in [-0.39, 0.29) is 33.4 Å². The lowest BCUT2D eigenvalue weighted by molar-refractivity contribution is -0.125. The summed E-state index contributed by atoms with van der Waals surface area (Å²) in [5.41, 5.74) is 0.681. The van der Waals surface area contributed by atoms with E-state index in [4.69, 9.17) is 0 Å². The molecule has 0 spiro atoms. The number of amides is 6. The summed E-state index contributed by atoms with van der Waals surface area (Å²) in [6, 6.07) is 18.1. The quantitative estimate of drug-likeness (QED) is 0.329. The lowest BCUT2D eigenvalue weighted by atomic mass is 10.1. The Labute approximate surface area is 254 Å². The molecule has 0 radical (unpaired) electrons. The molecule has 4 aliphatic rings. The molecule has 1 aliphatic carbocycles. The van der Waals surface area contributed by atoms with Gasteiger partial charge in [-0.3, -0.25) is 57.9 Å². The third-order valence-corrected chi connectivity index (χ3v) is 8.71. The maximum Gasteiger partial charge on any atom is 0.261 e. The highest BCUT2D eigenvalue weighted by molar-refractivity contribution is 6.25. The van der Waals surface area contributed by atoms with Crippen LogP contribution >= 0.6 is 0 Å². The molecule has 0 N–H and O–H groups in total. The highest BCUT2D eigenvalue weighted by atomic mass is 16.2. The monoisotopic (exact) mass is 603 g/mol. The molecule has 6 amide bonds. The van der Waals surface area contributed by atoms with Crippen molar-refractivity contribution in [3.63, 3.8) is 0 Å². The third kappa shape index (κ3) is 4.17. The Balaban J connectivity index is 1.13. The van der Waals surface area contributed by atoms with Crippen LogP contribution in [-0.2, 0) is 14.4 Å². The summed E-state index contributed by atoms with van der Waals surface area (Å²) in [4.78, 5) is 120. The van der Waals surface area contributed by atoms with E-state index >= 15 is 0 Å². The van der Waals surface area contributed by atoms with Crippen LogP contribution in [0.15, 0.2) is 72.8 Å². The van der Waals surface area contributed by atoms with E-state index in [2.05, 4.69) is 0 Å². The first-order chi connectivity index (χ1) is 21.6. The second-order valence-electron chi connectivity index (χ2n) is 11.2. The van der Waals surface area contributed by atoms with Gasteiger partial charge in [0.1, 0.15) is 0 Å². The summed E-state index contributed by atoms with van der Waals surface area (Å²) < 4.78 is 0. The number of hydrogen-bond donors (Lipinski definition) is 0. The smallest absolute Gasteiger partial charge is 0.261 e. The van der Waals surface area contributed by atoms with Crippen LogP contribution in [-0.4, -0.2) is 87.1 Å². The van der Waals surface area contributed by atoms with Crippen LogP contribution in [0.2, 0.25) is 0 Å². The van der Waals surface area contributed by atoms with Gasteiger partial charge >= 0.3 is 0 Å². The normalized spacial score (nSPS) is 21.3. The number of carbonyl (C=O) groups is 9. The van der Waals surface area contributed by atoms with Crippen LogP contribution in [0.1, 0.15) is 62.1 Å². The second kappa shape index (κ2) is 10.1. The average Bonchev–Trinajstić information content (AvgIpc) is 3.65. The molecule has 12 nitrogen and oxygen atoms in total. The lowest BCUT2D eigenvalue weighted by Crippen LogP contribution is -2.37. The fourth-order valence-electron chi connectivity index (χ4n) is 6.44. The number of fused-ring (bicyclic) bond motifs is 3. The van der Waals surface area contributed by atoms with Gasteiger partial charge in [-0.05, 0) is 36.4 Å². The van der Waals surface area contributed by atoms with Crippen molar-refractivity contribution in [3.05, 3.63) is 106 Å². The third-order valence-electron chi connectivity index (χ3n) is 8.71. The largest absolute Gasteiger partial charge is 0.297 e. The van der Waals surface area contributed by atoms with Gasteiger partial charge in [-0.15, -0.1) is 0 Å². The first-order valence-corrected chi connectivity index (χ1v) is 14.0. The van der Waals surface area contributed by atoms with Gasteiger partial charge in [0.2, 0.25) is 0 Å². The summed E-state index contributed by atoms with van der Waals surface area (Å²) in [5.74, 6) is -10.4. The molecule has 3 heterocycles. The van der Waals surface area contributed by atoms with E-state index < -0.39 is 90.2 Å². The zero-order valence-corrected chi connectivity index (χ0v) is 23.3. The van der Waals surface area contributed by atoms with Crippen molar-refractivity contribution in [1.82, 2.24) is 14.7 Å². The van der Waals surface area contributed by atoms with E-state index in [0.29, 0.717) is 0 Å². The van der Waals surface area contributed by atoms with Gasteiger partial charge in [-0.1, -0.05) is 36.4 Å². The standard InChI is InChI=1S/C33H21N3O9/c37-22(13-34-28(40)16-7-1-2-8-17(16)29(34)41)25-26(23(38)14-35-30(42)18-9-3-4-10-19(18)31(35)43)27(25)24(39)15-36-32(44)20-11-5-6-12-21(20)33(36)45/h1-12,25-27H,13-15H2. The Bertz CT molecular complexity index is 1630. The van der Waals surface area contributed by atoms with Crippen molar-refractivity contribution in [2.24, 2.45) is 17.8 Å². The van der Waals surface area contributed by atoms with Gasteiger partial charge in [-0.2, -0.15) is 0 Å². The molecule has 0 aromatic heterocycles. The molecule has 7 rings (SSSR count). The molecule has 222 valence electrons. The van der Waals surface area contributed by atoms with Crippen LogP contribution < -0.4 is 0 Å². The molecule has 3 aliphatic heterocycles. The topological polar surface area (TPSA) is 163 Å². The van der Waals surface area contributed by atoms with E-state index in [9.17, 15) is 43.2 Å². The van der Waals surface area contributed by atoms with Crippen LogP contribution in [0, 0.1) is 17.8 Å². The molecule has 0 unspecified atom stereocenters. The minimum atomic E-state index is -1.31. The van der Waals surface area contributed by atoms with Crippen molar-refractivity contribution in [2.45, 2.75) is 0 Å². The second-order valence-corrected chi connectivity index (χ2v) is 11.2. The molecule has 45 heavy (non-hydrogen) atoms. The average molecular weight is 604 g/mol. The zero-order valence-electron chi connectivity index (χ0n) is 23.3. The van der Waals surface area contributed by atoms with Crippen LogP contribution in [0.25, 0.3) is 0 Å². The molecular formula is C33H21N3O9. The fraction of sp³-hybridized carbons (Fsp3) is 0.182. The summed E-state index contributed by atoms with van der Waals surface area (Å²) in [6.07, 6.45) is 0. The molecule has 3 aromatic rings. The number of benzene rings is 3. The van der Waals surface area contributed by atoms with E-state index in [1.165, 1.54) is 36.4 Å². The molecule has 0 atom stereocenters. The predicted molar refractivity (Wildman–Crippen MR) is 151 cm³/mol. The number of Topliss-reactive ketones (excluding diaryl/α,β-unsaturated/α-hetero) is 3. The van der Waals surface area contributed by atoms with E-state index in [1.807, 2.05) is 0 Å². The van der Waals surface area contributed by atoms with Crippen LogP contribution in [0.4, 0.5) is 0 Å². The SMILES string of the molecule is O=C(CN1C(=O)c2ccccc2C1=O)C1C(C(=O)CN2C(=O)c3ccccc3C2=O)C1C(=O)CN1C(=O)c2ccccc2C1=O. The first kappa shape index (κ1) is 27.9. The molecule has 0 saturated heterocycles. The van der Waals surface area contributed by atoms with Gasteiger partial charge < -0.3 is 0 Å². The number of nitrogens with zero attached hydrogens (tertiary/aromatic N) is 3. The number of carbonyl (C=O) groups excluding carboxylic acids is 9. The number of imide groups is 3. The Morgan fingerprint density at radius 1 is 0.378 bits per heavy atom. The maximum absolute atomic E-state index is 13.6. The highest BCUT2D eigenvalue weighted by Crippen LogP contribution is 2.49. The Hall–Kier alpha value is -5.91. The molecule has 12 heteroatoms. The molecule has 1 saturated carbocycles. The Morgan fingerprint density at radius 3 is 0.733 bits per heavy atom. The van der Waals surface area contributed by atoms with Gasteiger partial charge in [0.15, 0.2) is 17.3 Å². The molecular weight excluding hydrogens is 582 g/mol. The number of rotatable bonds is 9. The fourth-order valence-corrected chi connectivity index (χ4v) is 6.44. The van der Waals surface area contributed by atoms with E-state index in [1.54, 1.807) is 36.4 Å². The van der Waals surface area contributed by atoms with Gasteiger partial charge in [0, 0.05) is 17.8 Å². The Kier molecular flexibility index (Phi) is 6.25. The molecule has 3 aromatic carbocycles. The van der Waals surface area contributed by atoms with Gasteiger partial charge in [0.25, 0.3) is 35.4 Å². The minimum absolute atomic E-state index is 0.114. The van der Waals surface area contributed by atoms with Gasteiger partial charge in [-0.25, -0.2) is 0 Å². The van der Waals surface area contributed by atoms with Crippen molar-refractivity contribution >= 4 is 52.8 Å². The van der Waals surface area contributed by atoms with E-state index in [0.717, 1.165) is 14.7 Å². The molecule has 1 fully saturated rings. The van der Waals surface area contributed by atoms with Crippen molar-refractivity contribution in [2.75, 3.05) is 19.6 Å². The minimum Gasteiger partial charge on any atom is -0.297 e. The van der Waals surface area contributed by atoms with Crippen LogP contribution in [0.5, 0.6) is 0 Å². The number of ketones is 3. The zero-order chi connectivity index (χ0) is 31.7. The summed E-state index contributed by atoms with van der Waals surface area (Å²) in [7, 11) is 0. The van der Waals surface area contributed by atoms with Gasteiger partial charge in [0.05, 0.1) is 53.0 Å². The van der Waals surface area contributed by atoms with Crippen molar-refractivity contribution in [3.8, 4) is 0 Å². The predicted octanol–water partition coefficient (Wildman–Crippen LogP) is 1.44. The first-order valence-electron chi connectivity index (χ1n) is 14.0. The lowest BCUT2D eigenvalue weighted by Gasteiger charge is -2.14. The molecule has 0 bridgehead atoms. The van der Waals surface area contributed by atoms with Crippen molar-refractivity contribution < 1.29 is 43.2 Å². The summed E-state index contributed by atoms with van der Waals surface area (Å²) >= 11 is 0. The summed E-state index contributed by atoms with van der Waals surface area (Å²) in [6.45, 7) is -2.15. The summed E-state index contributed by atoms with van der Waals surface area (Å²) in [5, 5.41) is 0. The van der Waals surface area contributed by atoms with Crippen molar-refractivity contribution in [1.29, 1.82) is 0 Å². The van der Waals surface area contributed by atoms with Crippen LogP contribution in [0.3, 0.4) is 0 Å².